The van der Waals surface area contributed by atoms with E-state index in [-0.39, 0.29) is 5.78 Å². The number of aromatic amines is 1. The third-order valence-electron chi connectivity index (χ3n) is 3.01. The summed E-state index contributed by atoms with van der Waals surface area (Å²) in [5.41, 5.74) is 0.714. The molecular formula is C15H11BrN2O. The Bertz CT molecular complexity index is 735. The summed E-state index contributed by atoms with van der Waals surface area (Å²) in [6.45, 7) is 0. The average molecular weight is 315 g/mol. The van der Waals surface area contributed by atoms with Crippen LogP contribution in [0.1, 0.15) is 16.2 Å². The number of fused-ring (bicyclic) bond motifs is 1. The van der Waals surface area contributed by atoms with Gasteiger partial charge in [0.25, 0.3) is 0 Å². The Morgan fingerprint density at radius 2 is 1.95 bits per heavy atom. The predicted octanol–water partition coefficient (Wildman–Crippen LogP) is 3.75. The molecule has 94 valence electrons. The summed E-state index contributed by atoms with van der Waals surface area (Å²) in [7, 11) is 0. The van der Waals surface area contributed by atoms with Crippen molar-refractivity contribution in [2.45, 2.75) is 6.42 Å². The van der Waals surface area contributed by atoms with Crippen molar-refractivity contribution in [3.63, 3.8) is 0 Å². The van der Waals surface area contributed by atoms with Crippen LogP contribution in [0.4, 0.5) is 0 Å². The molecule has 0 aliphatic heterocycles. The molecule has 3 nitrogen and oxygen atoms in total. The second-order valence-corrected chi connectivity index (χ2v) is 5.26. The van der Waals surface area contributed by atoms with Crippen molar-refractivity contribution in [3.8, 4) is 0 Å². The number of H-pyrrole nitrogens is 1. The summed E-state index contributed by atoms with van der Waals surface area (Å²) in [6.07, 6.45) is 3.68. The van der Waals surface area contributed by atoms with Gasteiger partial charge in [-0.2, -0.15) is 0 Å². The normalized spacial score (nSPS) is 10.8. The molecule has 0 radical (unpaired) electrons. The van der Waals surface area contributed by atoms with Gasteiger partial charge in [0.15, 0.2) is 5.78 Å². The lowest BCUT2D eigenvalue weighted by molar-refractivity contribution is 0.0991. The van der Waals surface area contributed by atoms with E-state index in [1.807, 2.05) is 36.4 Å². The van der Waals surface area contributed by atoms with Crippen LogP contribution in [-0.2, 0) is 6.42 Å². The van der Waals surface area contributed by atoms with Gasteiger partial charge in [0.1, 0.15) is 5.82 Å². The van der Waals surface area contributed by atoms with Crippen LogP contribution in [0.5, 0.6) is 0 Å². The van der Waals surface area contributed by atoms with E-state index in [0.29, 0.717) is 17.8 Å². The van der Waals surface area contributed by atoms with Gasteiger partial charge in [-0.15, -0.1) is 0 Å². The predicted molar refractivity (Wildman–Crippen MR) is 78.3 cm³/mol. The van der Waals surface area contributed by atoms with Crippen molar-refractivity contribution in [2.24, 2.45) is 0 Å². The zero-order valence-electron chi connectivity index (χ0n) is 10.1. The number of nitrogens with zero attached hydrogens (tertiary/aromatic N) is 1. The molecule has 0 aliphatic carbocycles. The van der Waals surface area contributed by atoms with Crippen LogP contribution in [0, 0.1) is 0 Å². The first kappa shape index (κ1) is 12.1. The first-order valence-corrected chi connectivity index (χ1v) is 6.72. The second-order valence-electron chi connectivity index (χ2n) is 4.34. The minimum absolute atomic E-state index is 0.0692. The lowest BCUT2D eigenvalue weighted by atomic mass is 10.0. The van der Waals surface area contributed by atoms with E-state index in [4.69, 9.17) is 0 Å². The molecule has 0 fully saturated rings. The zero-order chi connectivity index (χ0) is 13.2. The third kappa shape index (κ3) is 2.58. The molecule has 0 bridgehead atoms. The molecule has 3 aromatic rings. The van der Waals surface area contributed by atoms with E-state index in [0.717, 1.165) is 15.2 Å². The molecule has 2 aromatic carbocycles. The second kappa shape index (κ2) is 4.97. The number of hydrogen-bond acceptors (Lipinski definition) is 2. The topological polar surface area (TPSA) is 45.8 Å². The first-order valence-electron chi connectivity index (χ1n) is 5.93. The molecule has 1 aromatic heterocycles. The van der Waals surface area contributed by atoms with E-state index in [1.165, 1.54) is 0 Å². The van der Waals surface area contributed by atoms with Gasteiger partial charge in [0, 0.05) is 22.4 Å². The standard InChI is InChI=1S/C15H11BrN2O/c16-13-4-3-10-7-12(2-1-11(10)8-13)14(19)9-15-17-5-6-18-15/h1-8H,9H2,(H,17,18). The third-order valence-corrected chi connectivity index (χ3v) is 3.50. The largest absolute Gasteiger partial charge is 0.348 e. The van der Waals surface area contributed by atoms with Gasteiger partial charge in [-0.1, -0.05) is 34.1 Å². The van der Waals surface area contributed by atoms with Crippen LogP contribution in [-0.4, -0.2) is 15.8 Å². The van der Waals surface area contributed by atoms with Gasteiger partial charge in [-0.25, -0.2) is 4.98 Å². The van der Waals surface area contributed by atoms with Crippen LogP contribution < -0.4 is 0 Å². The number of imidazole rings is 1. The maximum absolute atomic E-state index is 12.2. The van der Waals surface area contributed by atoms with Gasteiger partial charge < -0.3 is 4.98 Å². The minimum atomic E-state index is 0.0692. The lowest BCUT2D eigenvalue weighted by Gasteiger charge is -2.03. The molecule has 0 spiro atoms. The van der Waals surface area contributed by atoms with Crippen molar-refractivity contribution in [2.75, 3.05) is 0 Å². The van der Waals surface area contributed by atoms with Crippen LogP contribution in [0.25, 0.3) is 10.8 Å². The Morgan fingerprint density at radius 1 is 1.16 bits per heavy atom. The van der Waals surface area contributed by atoms with E-state index in [1.54, 1.807) is 12.4 Å². The number of aromatic nitrogens is 2. The lowest BCUT2D eigenvalue weighted by Crippen LogP contribution is -2.04. The quantitative estimate of drug-likeness (QED) is 0.748. The molecule has 0 aliphatic rings. The van der Waals surface area contributed by atoms with E-state index >= 15 is 0 Å². The van der Waals surface area contributed by atoms with E-state index in [2.05, 4.69) is 25.9 Å². The molecule has 1 heterocycles. The van der Waals surface area contributed by atoms with Crippen molar-refractivity contribution in [3.05, 3.63) is 64.7 Å². The van der Waals surface area contributed by atoms with Crippen LogP contribution in [0.2, 0.25) is 0 Å². The fourth-order valence-corrected chi connectivity index (χ4v) is 2.42. The SMILES string of the molecule is O=C(Cc1ncc[nH]1)c1ccc2cc(Br)ccc2c1. The zero-order valence-corrected chi connectivity index (χ0v) is 11.6. The molecule has 1 N–H and O–H groups in total. The summed E-state index contributed by atoms with van der Waals surface area (Å²) in [6, 6.07) is 11.8. The van der Waals surface area contributed by atoms with Crippen molar-refractivity contribution in [1.82, 2.24) is 9.97 Å². The number of benzene rings is 2. The highest BCUT2D eigenvalue weighted by atomic mass is 79.9. The van der Waals surface area contributed by atoms with E-state index in [9.17, 15) is 4.79 Å². The number of carbonyl (C=O) groups excluding carboxylic acids is 1. The Labute approximate surface area is 118 Å². The molecule has 0 unspecified atom stereocenters. The van der Waals surface area contributed by atoms with Gasteiger partial charge in [0.05, 0.1) is 6.42 Å². The molecule has 0 saturated heterocycles. The smallest absolute Gasteiger partial charge is 0.170 e. The number of Topliss-reactive ketones (excluding diaryl/α,β-unsaturated/α-hetero) is 1. The Kier molecular flexibility index (Phi) is 3.17. The van der Waals surface area contributed by atoms with Gasteiger partial charge in [-0.3, -0.25) is 4.79 Å². The molecular weight excluding hydrogens is 304 g/mol. The Morgan fingerprint density at radius 3 is 2.74 bits per heavy atom. The molecule has 3 rings (SSSR count). The van der Waals surface area contributed by atoms with Crippen molar-refractivity contribution in [1.29, 1.82) is 0 Å². The highest BCUT2D eigenvalue weighted by Gasteiger charge is 2.09. The number of nitrogens with one attached hydrogen (secondary N) is 1. The van der Waals surface area contributed by atoms with E-state index < -0.39 is 0 Å². The molecule has 0 atom stereocenters. The fourth-order valence-electron chi connectivity index (χ4n) is 2.04. The highest BCUT2D eigenvalue weighted by Crippen LogP contribution is 2.21. The molecule has 0 saturated carbocycles. The summed E-state index contributed by atoms with van der Waals surface area (Å²) in [5, 5.41) is 2.18. The monoisotopic (exact) mass is 314 g/mol. The Hall–Kier alpha value is -1.94. The Balaban J connectivity index is 1.92. The summed E-state index contributed by atoms with van der Waals surface area (Å²) < 4.78 is 1.04. The maximum Gasteiger partial charge on any atom is 0.170 e. The summed E-state index contributed by atoms with van der Waals surface area (Å²) >= 11 is 3.44. The minimum Gasteiger partial charge on any atom is -0.348 e. The van der Waals surface area contributed by atoms with Crippen molar-refractivity contribution >= 4 is 32.5 Å². The highest BCUT2D eigenvalue weighted by molar-refractivity contribution is 9.10. The fraction of sp³-hybridized carbons (Fsp3) is 0.0667. The van der Waals surface area contributed by atoms with Gasteiger partial charge >= 0.3 is 0 Å². The number of carbonyl (C=O) groups is 1. The number of ketones is 1. The van der Waals surface area contributed by atoms with Gasteiger partial charge in [-0.05, 0) is 29.0 Å². The summed E-state index contributed by atoms with van der Waals surface area (Å²) in [4.78, 5) is 19.2. The van der Waals surface area contributed by atoms with Crippen LogP contribution in [0.3, 0.4) is 0 Å². The van der Waals surface area contributed by atoms with Crippen LogP contribution in [0.15, 0.2) is 53.3 Å². The van der Waals surface area contributed by atoms with Crippen LogP contribution >= 0.6 is 15.9 Å². The number of halogens is 1. The van der Waals surface area contributed by atoms with Gasteiger partial charge in [0.2, 0.25) is 0 Å². The number of rotatable bonds is 3. The maximum atomic E-state index is 12.2. The molecule has 0 amide bonds. The van der Waals surface area contributed by atoms with Crippen molar-refractivity contribution < 1.29 is 4.79 Å². The first-order chi connectivity index (χ1) is 9.22. The average Bonchev–Trinajstić information content (AvgIpc) is 2.91. The summed E-state index contributed by atoms with van der Waals surface area (Å²) in [5.74, 6) is 0.765. The molecule has 4 heteroatoms. The number of hydrogen-bond donors (Lipinski definition) is 1. The molecule has 19 heavy (non-hydrogen) atoms.